The Morgan fingerprint density at radius 2 is 0.559 bits per heavy atom. The fraction of sp³-hybridized carbons (Fsp3) is 0.537. The van der Waals surface area contributed by atoms with Gasteiger partial charge in [0.05, 0.1) is 6.04 Å². The number of benzene rings is 2. The highest BCUT2D eigenvalue weighted by atomic mass is 16.4. The van der Waals surface area contributed by atoms with Gasteiger partial charge in [0, 0.05) is 47.0 Å². The van der Waals surface area contributed by atoms with Crippen LogP contribution in [0.15, 0.2) is 60.9 Å². The molecule has 0 aliphatic carbocycles. The van der Waals surface area contributed by atoms with Crippen molar-refractivity contribution in [3.05, 3.63) is 72.1 Å². The molecule has 15 atom stereocenters. The molecule has 0 aliphatic rings. The number of hydrogen-bond donors (Lipinski definition) is 20. The van der Waals surface area contributed by atoms with Crippen molar-refractivity contribution in [3.63, 3.8) is 0 Å². The number of nitrogens with two attached hydrogens (primary N) is 3. The lowest BCUT2D eigenvalue weighted by Gasteiger charge is -2.25. The highest BCUT2D eigenvalue weighted by Gasteiger charge is 2.34. The number of nitrogens with one attached hydrogen (secondary N) is 16. The average molecular weight is 1430 g/mol. The molecule has 560 valence electrons. The minimum atomic E-state index is -1.38. The van der Waals surface area contributed by atoms with Crippen LogP contribution in [0.1, 0.15) is 126 Å². The molecular weight excluding hydrogens is 1330 g/mol. The first-order valence-electron chi connectivity index (χ1n) is 33.8. The van der Waals surface area contributed by atoms with E-state index in [4.69, 9.17) is 17.2 Å². The van der Waals surface area contributed by atoms with Crippen LogP contribution in [0.4, 0.5) is 0 Å². The molecule has 35 heteroatoms. The van der Waals surface area contributed by atoms with E-state index in [1.807, 2.05) is 12.1 Å². The van der Waals surface area contributed by atoms with Gasteiger partial charge in [-0.2, -0.15) is 0 Å². The van der Waals surface area contributed by atoms with Crippen LogP contribution >= 0.6 is 0 Å². The summed E-state index contributed by atoms with van der Waals surface area (Å²) < 4.78 is 0. The second kappa shape index (κ2) is 40.6. The molecule has 4 aromatic rings. The van der Waals surface area contributed by atoms with Crippen molar-refractivity contribution in [1.82, 2.24) is 84.4 Å². The van der Waals surface area contributed by atoms with E-state index in [2.05, 4.69) is 84.4 Å². The van der Waals surface area contributed by atoms with Crippen molar-refractivity contribution in [2.75, 3.05) is 13.1 Å². The van der Waals surface area contributed by atoms with Crippen molar-refractivity contribution in [2.45, 2.75) is 218 Å². The smallest absolute Gasteiger partial charge is 0.326 e. The number of hydrogen-bond acceptors (Lipinski definition) is 18. The van der Waals surface area contributed by atoms with Gasteiger partial charge in [-0.25, -0.2) is 4.79 Å². The molecule has 0 saturated carbocycles. The number of carbonyl (C=O) groups excluding carboxylic acids is 14. The predicted molar refractivity (Wildman–Crippen MR) is 375 cm³/mol. The molecule has 0 spiro atoms. The lowest BCUT2D eigenvalue weighted by atomic mass is 10.0. The van der Waals surface area contributed by atoms with Gasteiger partial charge < -0.3 is 107 Å². The molecule has 0 saturated heterocycles. The molecule has 2 heterocycles. The Morgan fingerprint density at radius 1 is 0.324 bits per heavy atom. The molecule has 0 unspecified atom stereocenters. The molecule has 14 amide bonds. The summed E-state index contributed by atoms with van der Waals surface area (Å²) in [7, 11) is 0. The summed E-state index contributed by atoms with van der Waals surface area (Å²) in [5, 5.41) is 45.9. The second-order valence-electron chi connectivity index (χ2n) is 25.4. The Labute approximate surface area is 590 Å². The summed E-state index contributed by atoms with van der Waals surface area (Å²) in [6.45, 7) is 15.4. The summed E-state index contributed by atoms with van der Waals surface area (Å²) in [6.07, 6.45) is 5.82. The van der Waals surface area contributed by atoms with Crippen LogP contribution in [-0.4, -0.2) is 207 Å². The van der Waals surface area contributed by atoms with E-state index in [9.17, 15) is 77.0 Å². The molecule has 4 rings (SSSR count). The van der Waals surface area contributed by atoms with Gasteiger partial charge in [-0.05, 0) is 145 Å². The topological polar surface area (TPSA) is 554 Å². The summed E-state index contributed by atoms with van der Waals surface area (Å²) in [5.74, 6) is -12.5. The Bertz CT molecular complexity index is 3640. The predicted octanol–water partition coefficient (Wildman–Crippen LogP) is -3.89. The van der Waals surface area contributed by atoms with E-state index in [-0.39, 0.29) is 19.3 Å². The van der Waals surface area contributed by atoms with Gasteiger partial charge in [-0.1, -0.05) is 42.8 Å². The van der Waals surface area contributed by atoms with Crippen LogP contribution in [0.5, 0.6) is 0 Å². The van der Waals surface area contributed by atoms with E-state index in [0.717, 1.165) is 10.9 Å². The fourth-order valence-corrected chi connectivity index (χ4v) is 10.1. The highest BCUT2D eigenvalue weighted by molar-refractivity contribution is 6.00. The van der Waals surface area contributed by atoms with Crippen LogP contribution in [0.2, 0.25) is 0 Å². The number of carboxylic acid groups (broad SMARTS) is 1. The van der Waals surface area contributed by atoms with Gasteiger partial charge in [0.25, 0.3) is 0 Å². The van der Waals surface area contributed by atoms with Crippen LogP contribution < -0.4 is 91.6 Å². The Kier molecular flexibility index (Phi) is 33.4. The molecule has 0 aliphatic heterocycles. The van der Waals surface area contributed by atoms with Crippen LogP contribution in [-0.2, 0) is 84.8 Å². The number of carboxylic acids is 1. The van der Waals surface area contributed by atoms with Crippen molar-refractivity contribution in [2.24, 2.45) is 17.2 Å². The Morgan fingerprint density at radius 3 is 0.833 bits per heavy atom. The fourth-order valence-electron chi connectivity index (χ4n) is 10.1. The molecule has 23 N–H and O–H groups in total. The third-order valence-corrected chi connectivity index (χ3v) is 16.6. The van der Waals surface area contributed by atoms with E-state index in [1.165, 1.54) is 76.2 Å². The molecule has 102 heavy (non-hydrogen) atoms. The summed E-state index contributed by atoms with van der Waals surface area (Å²) in [4.78, 5) is 205. The van der Waals surface area contributed by atoms with Crippen molar-refractivity contribution < 1.29 is 77.0 Å². The SMILES string of the molecule is C[C@H](NC(=O)[C@H](C)NC(=O)[C@H](C)NC(=O)[C@H](Cc1c[nH]c2ccccc12)NC(=O)[C@H](C)NC(=O)[C@H](C)NC(=O)[C@@H](N)CCCCN)C(=O)N[C@@H](C)C(=O)N[C@@H](C)C(=O)N[C@@H](Cc1c[nH]c2ccccc12)C(=O)N[C@@H](C)C(=O)N[C@@H](C)C(=O)N[C@@H](C)C(=O)N[C@@H](C)C(=O)N[C@@H](CCCCN)C(=O)O. The first-order chi connectivity index (χ1) is 48.1. The largest absolute Gasteiger partial charge is 0.480 e. The molecule has 0 radical (unpaired) electrons. The zero-order valence-electron chi connectivity index (χ0n) is 59.3. The molecular formula is C67H101N19O16. The normalized spacial score (nSPS) is 15.6. The number of H-pyrrole nitrogens is 2. The summed E-state index contributed by atoms with van der Waals surface area (Å²) in [6, 6.07) is -4.40. The molecule has 0 bridgehead atoms. The number of para-hydroxylation sites is 2. The number of carbonyl (C=O) groups is 15. The molecule has 35 nitrogen and oxygen atoms in total. The minimum Gasteiger partial charge on any atom is -0.480 e. The van der Waals surface area contributed by atoms with Gasteiger partial charge >= 0.3 is 5.97 Å². The second-order valence-corrected chi connectivity index (χ2v) is 25.4. The minimum absolute atomic E-state index is 0.0781. The van der Waals surface area contributed by atoms with E-state index in [0.29, 0.717) is 67.2 Å². The quantitative estimate of drug-likeness (QED) is 0.0189. The van der Waals surface area contributed by atoms with Gasteiger partial charge in [0.1, 0.15) is 84.6 Å². The maximum Gasteiger partial charge on any atom is 0.326 e. The van der Waals surface area contributed by atoms with Gasteiger partial charge in [-0.15, -0.1) is 0 Å². The highest BCUT2D eigenvalue weighted by Crippen LogP contribution is 2.21. The maximum absolute atomic E-state index is 14.1. The number of aromatic nitrogens is 2. The molecule has 0 fully saturated rings. The standard InChI is InChI=1S/C67H101N19O16/c1-32(73-54(88)33(2)76-59(93)38(7)83-66(100)52(29-44-31-72-49-24-15-13-21-46(44)49)86-63(97)42(11)80-58(92)37(6)81-64(98)47(70)22-16-18-26-68)53(87)75-36(5)57(91)79-41(10)62(96)85-51(28-43-30-71-48-23-14-12-20-45(43)48)65(99)82-39(8)60(94)77-34(3)55(89)74-35(4)56(90)78-40(9)61(95)84-50(67(101)102)25-17-19-27-69/h12-15,20-21,23-24,30-42,47,50-52,71-72H,16-19,22,25-29,68-70H2,1-11H3,(H,73,88)(H,74,89)(H,75,87)(H,76,93)(H,77,94)(H,78,90)(H,79,91)(H,80,92)(H,81,98)(H,82,99)(H,83,100)(H,84,95)(H,85,96)(H,86,97)(H,101,102)/t32-,33-,34-,35-,36-,37-,38-,39-,40-,41-,42-,47-,50-,51-,52-/m0/s1. The number of aliphatic carboxylic acids is 1. The number of amides is 14. The van der Waals surface area contributed by atoms with Crippen LogP contribution in [0.3, 0.4) is 0 Å². The maximum atomic E-state index is 14.1. The van der Waals surface area contributed by atoms with Crippen molar-refractivity contribution >= 4 is 110 Å². The number of fused-ring (bicyclic) bond motifs is 2. The average Bonchev–Trinajstić information content (AvgIpc) is 1.67. The lowest BCUT2D eigenvalue weighted by Crippen LogP contribution is -2.59. The van der Waals surface area contributed by atoms with E-state index >= 15 is 0 Å². The molecule has 2 aromatic heterocycles. The Balaban J connectivity index is 1.31. The molecule has 2 aromatic carbocycles. The number of unbranched alkanes of at least 4 members (excludes halogenated alkanes) is 2. The van der Waals surface area contributed by atoms with E-state index < -0.39 is 179 Å². The van der Waals surface area contributed by atoms with Gasteiger partial charge in [-0.3, -0.25) is 67.1 Å². The third kappa shape index (κ3) is 26.2. The number of aromatic amines is 2. The monoisotopic (exact) mass is 1430 g/mol. The Hall–Kier alpha value is -10.5. The number of rotatable bonds is 41. The zero-order chi connectivity index (χ0) is 76.2. The van der Waals surface area contributed by atoms with E-state index in [1.54, 1.807) is 48.8 Å². The van der Waals surface area contributed by atoms with Crippen LogP contribution in [0, 0.1) is 0 Å². The lowest BCUT2D eigenvalue weighted by molar-refractivity contribution is -0.142. The summed E-state index contributed by atoms with van der Waals surface area (Å²) >= 11 is 0. The first-order valence-corrected chi connectivity index (χ1v) is 33.8. The van der Waals surface area contributed by atoms with Gasteiger partial charge in [0.15, 0.2) is 0 Å². The van der Waals surface area contributed by atoms with Gasteiger partial charge in [0.2, 0.25) is 82.7 Å². The summed E-state index contributed by atoms with van der Waals surface area (Å²) in [5.41, 5.74) is 19.6. The first kappa shape index (κ1) is 83.9. The van der Waals surface area contributed by atoms with Crippen molar-refractivity contribution in [3.8, 4) is 0 Å². The van der Waals surface area contributed by atoms with Crippen LogP contribution in [0.25, 0.3) is 21.8 Å². The third-order valence-electron chi connectivity index (χ3n) is 16.6. The zero-order valence-corrected chi connectivity index (χ0v) is 59.3. The van der Waals surface area contributed by atoms with Crippen molar-refractivity contribution in [1.29, 1.82) is 0 Å².